The first-order valence-corrected chi connectivity index (χ1v) is 7.87. The molecule has 9 heteroatoms. The minimum absolute atomic E-state index is 0.141. The number of benzene rings is 1. The fraction of sp³-hybridized carbons (Fsp3) is 0.125. The molecule has 0 spiro atoms. The number of alkyl halides is 3. The van der Waals surface area contributed by atoms with Crippen molar-refractivity contribution in [3.05, 3.63) is 52.2 Å². The second kappa shape index (κ2) is 6.49. The zero-order valence-electron chi connectivity index (χ0n) is 12.8. The van der Waals surface area contributed by atoms with Crippen LogP contribution in [0.3, 0.4) is 0 Å². The van der Waals surface area contributed by atoms with E-state index in [0.717, 1.165) is 12.1 Å². The summed E-state index contributed by atoms with van der Waals surface area (Å²) in [6.45, 7) is 1.58. The first-order chi connectivity index (χ1) is 11.9. The molecule has 0 fully saturated rings. The molecule has 0 N–H and O–H groups in total. The van der Waals surface area contributed by atoms with Gasteiger partial charge in [0.05, 0.1) is 11.8 Å². The van der Waals surface area contributed by atoms with Gasteiger partial charge in [-0.1, -0.05) is 0 Å². The number of nitrogens with zero attached hydrogens (tertiary/aromatic N) is 5. The van der Waals surface area contributed by atoms with Crippen molar-refractivity contribution in [3.63, 3.8) is 0 Å². The van der Waals surface area contributed by atoms with Gasteiger partial charge in [-0.05, 0) is 30.7 Å². The zero-order chi connectivity index (χ0) is 18.0. The Hall–Kier alpha value is -2.99. The van der Waals surface area contributed by atoms with E-state index in [9.17, 15) is 18.4 Å². The lowest BCUT2D eigenvalue weighted by atomic mass is 10.1. The van der Waals surface area contributed by atoms with Crippen LogP contribution in [0.2, 0.25) is 0 Å². The number of hydrogen-bond donors (Lipinski definition) is 0. The number of hydrogen-bond acceptors (Lipinski definition) is 5. The van der Waals surface area contributed by atoms with Crippen LogP contribution in [0, 0.1) is 18.3 Å². The molecule has 0 aliphatic carbocycles. The number of aromatic nitrogens is 4. The van der Waals surface area contributed by atoms with E-state index in [4.69, 9.17) is 0 Å². The Morgan fingerprint density at radius 1 is 1.28 bits per heavy atom. The molecular weight excluding hydrogens is 351 g/mol. The lowest BCUT2D eigenvalue weighted by Crippen LogP contribution is -2.05. The van der Waals surface area contributed by atoms with Gasteiger partial charge in [0, 0.05) is 17.1 Å². The molecule has 0 saturated carbocycles. The monoisotopic (exact) mass is 361 g/mol. The molecule has 0 bridgehead atoms. The summed E-state index contributed by atoms with van der Waals surface area (Å²) in [5.41, 5.74) is 0.242. The Kier molecular flexibility index (Phi) is 4.37. The summed E-state index contributed by atoms with van der Waals surface area (Å²) in [5.74, 6) is 0.141. The largest absolute Gasteiger partial charge is 0.416 e. The van der Waals surface area contributed by atoms with Crippen molar-refractivity contribution in [2.24, 2.45) is 0 Å². The second-order valence-electron chi connectivity index (χ2n) is 5.13. The maximum absolute atomic E-state index is 12.9. The second-order valence-corrected chi connectivity index (χ2v) is 6.02. The van der Waals surface area contributed by atoms with E-state index >= 15 is 0 Å². The third-order valence-electron chi connectivity index (χ3n) is 3.22. The lowest BCUT2D eigenvalue weighted by molar-refractivity contribution is -0.137. The summed E-state index contributed by atoms with van der Waals surface area (Å²) in [4.78, 5) is 8.07. The summed E-state index contributed by atoms with van der Waals surface area (Å²) in [7, 11) is 0. The minimum Gasteiger partial charge on any atom is -0.244 e. The van der Waals surface area contributed by atoms with Crippen LogP contribution in [0.5, 0.6) is 0 Å². The van der Waals surface area contributed by atoms with Crippen LogP contribution in [0.25, 0.3) is 23.2 Å². The van der Waals surface area contributed by atoms with Gasteiger partial charge in [0.15, 0.2) is 5.82 Å². The van der Waals surface area contributed by atoms with E-state index in [-0.39, 0.29) is 17.0 Å². The lowest BCUT2D eigenvalue weighted by Gasteiger charge is -2.09. The summed E-state index contributed by atoms with van der Waals surface area (Å²) in [6.07, 6.45) is -0.114. The quantitative estimate of drug-likeness (QED) is 0.654. The van der Waals surface area contributed by atoms with E-state index in [1.807, 2.05) is 6.07 Å². The molecular formula is C16H10F3N5S. The predicted octanol–water partition coefficient (Wildman–Crippen LogP) is 4.25. The third-order valence-corrected chi connectivity index (χ3v) is 4.02. The van der Waals surface area contributed by atoms with E-state index in [0.29, 0.717) is 10.6 Å². The molecule has 25 heavy (non-hydrogen) atoms. The Bertz CT molecular complexity index is 965. The molecule has 0 aliphatic rings. The summed E-state index contributed by atoms with van der Waals surface area (Å²) < 4.78 is 40.1. The average molecular weight is 361 g/mol. The molecule has 0 radical (unpaired) electrons. The molecule has 5 nitrogen and oxygen atoms in total. The number of aryl methyl sites for hydroxylation is 1. The summed E-state index contributed by atoms with van der Waals surface area (Å²) in [5, 5.41) is 15.6. The first kappa shape index (κ1) is 16.9. The maximum atomic E-state index is 12.9. The molecule has 0 amide bonds. The van der Waals surface area contributed by atoms with Crippen molar-refractivity contribution < 1.29 is 13.2 Å². The summed E-state index contributed by atoms with van der Waals surface area (Å²) >= 11 is 1.30. The van der Waals surface area contributed by atoms with Crippen LogP contribution in [0.1, 0.15) is 16.1 Å². The van der Waals surface area contributed by atoms with Gasteiger partial charge in [0.1, 0.15) is 23.0 Å². The van der Waals surface area contributed by atoms with Crippen molar-refractivity contribution in [3.8, 4) is 17.5 Å². The first-order valence-electron chi connectivity index (χ1n) is 6.99. The number of halogens is 3. The van der Waals surface area contributed by atoms with Gasteiger partial charge in [0.2, 0.25) is 0 Å². The molecule has 3 rings (SSSR count). The van der Waals surface area contributed by atoms with Crippen molar-refractivity contribution in [2.75, 3.05) is 0 Å². The van der Waals surface area contributed by atoms with Crippen molar-refractivity contribution in [2.45, 2.75) is 13.1 Å². The number of rotatable bonds is 3. The Balaban J connectivity index is 1.97. The molecule has 0 saturated heterocycles. The molecule has 3 aromatic rings. The van der Waals surface area contributed by atoms with Gasteiger partial charge in [-0.25, -0.2) is 14.6 Å². The molecule has 2 heterocycles. The molecule has 126 valence electrons. The Morgan fingerprint density at radius 3 is 2.72 bits per heavy atom. The van der Waals surface area contributed by atoms with Gasteiger partial charge in [-0.3, -0.25) is 0 Å². The highest BCUT2D eigenvalue weighted by Gasteiger charge is 2.31. The van der Waals surface area contributed by atoms with E-state index < -0.39 is 11.7 Å². The van der Waals surface area contributed by atoms with Crippen LogP contribution >= 0.6 is 11.3 Å². The fourth-order valence-corrected chi connectivity index (χ4v) is 2.76. The molecule has 0 aliphatic heterocycles. The predicted molar refractivity (Wildman–Crippen MR) is 87.1 cm³/mol. The van der Waals surface area contributed by atoms with E-state index in [2.05, 4.69) is 15.1 Å². The smallest absolute Gasteiger partial charge is 0.244 e. The van der Waals surface area contributed by atoms with Crippen LogP contribution in [-0.4, -0.2) is 19.7 Å². The van der Waals surface area contributed by atoms with Crippen molar-refractivity contribution >= 4 is 23.1 Å². The maximum Gasteiger partial charge on any atom is 0.416 e. The SMILES string of the molecule is Cc1cc(-c2ncn(C=C(C#N)c3nccs3)n2)cc(C(F)(F)F)c1. The number of thiazole rings is 1. The molecule has 1 aromatic carbocycles. The van der Waals surface area contributed by atoms with Gasteiger partial charge in [-0.2, -0.15) is 18.4 Å². The highest BCUT2D eigenvalue weighted by molar-refractivity contribution is 7.10. The van der Waals surface area contributed by atoms with Crippen LogP contribution in [0.15, 0.2) is 36.1 Å². The summed E-state index contributed by atoms with van der Waals surface area (Å²) in [6, 6.07) is 5.65. The highest BCUT2D eigenvalue weighted by Crippen LogP contribution is 2.32. The van der Waals surface area contributed by atoms with Crippen molar-refractivity contribution in [1.82, 2.24) is 19.7 Å². The molecule has 0 atom stereocenters. The van der Waals surface area contributed by atoms with E-state index in [1.165, 1.54) is 28.5 Å². The highest BCUT2D eigenvalue weighted by atomic mass is 32.1. The van der Waals surface area contributed by atoms with Gasteiger partial charge >= 0.3 is 6.18 Å². The normalized spacial score (nSPS) is 12.2. The number of allylic oxidation sites excluding steroid dienone is 1. The zero-order valence-corrected chi connectivity index (χ0v) is 13.6. The standard InChI is InChI=1S/C16H10F3N5S/c1-10-4-11(6-13(5-10)16(17,18)19)14-22-9-24(23-14)8-12(7-20)15-21-2-3-25-15/h2-6,8-9H,1H3. The minimum atomic E-state index is -4.44. The van der Waals surface area contributed by atoms with Crippen LogP contribution in [0.4, 0.5) is 13.2 Å². The van der Waals surface area contributed by atoms with Crippen molar-refractivity contribution in [1.29, 1.82) is 5.26 Å². The third kappa shape index (κ3) is 3.75. The van der Waals surface area contributed by atoms with Crippen LogP contribution < -0.4 is 0 Å². The topological polar surface area (TPSA) is 67.4 Å². The number of nitriles is 1. The Morgan fingerprint density at radius 2 is 2.08 bits per heavy atom. The Labute approximate surface area is 144 Å². The fourth-order valence-electron chi connectivity index (χ4n) is 2.17. The van der Waals surface area contributed by atoms with Gasteiger partial charge in [0.25, 0.3) is 0 Å². The molecule has 2 aromatic heterocycles. The van der Waals surface area contributed by atoms with E-state index in [1.54, 1.807) is 24.6 Å². The van der Waals surface area contributed by atoms with Crippen LogP contribution in [-0.2, 0) is 6.18 Å². The molecule has 0 unspecified atom stereocenters. The average Bonchev–Trinajstić information content (AvgIpc) is 3.23. The van der Waals surface area contributed by atoms with Gasteiger partial charge in [-0.15, -0.1) is 16.4 Å². The van der Waals surface area contributed by atoms with Gasteiger partial charge < -0.3 is 0 Å².